The minimum atomic E-state index is -0.968. The molecule has 0 unspecified atom stereocenters. The number of hydrogen-bond acceptors (Lipinski definition) is 5. The summed E-state index contributed by atoms with van der Waals surface area (Å²) in [6.07, 6.45) is 2.52. The molecule has 0 aliphatic carbocycles. The van der Waals surface area contributed by atoms with Gasteiger partial charge in [-0.2, -0.15) is 0 Å². The van der Waals surface area contributed by atoms with Crippen LogP contribution in [0.2, 0.25) is 0 Å². The van der Waals surface area contributed by atoms with Gasteiger partial charge in [-0.3, -0.25) is 14.4 Å². The molecule has 0 radical (unpaired) electrons. The molecule has 0 saturated carbocycles. The van der Waals surface area contributed by atoms with E-state index in [-0.39, 0.29) is 37.8 Å². The minimum absolute atomic E-state index is 0.0207. The Morgan fingerprint density at radius 2 is 1.68 bits per heavy atom. The van der Waals surface area contributed by atoms with Crippen molar-refractivity contribution in [1.82, 2.24) is 10.6 Å². The van der Waals surface area contributed by atoms with Crippen molar-refractivity contribution in [3.63, 3.8) is 0 Å². The van der Waals surface area contributed by atoms with Gasteiger partial charge < -0.3 is 21.1 Å². The molecule has 1 rings (SSSR count). The van der Waals surface area contributed by atoms with Crippen LogP contribution in [0.3, 0.4) is 0 Å². The second kappa shape index (κ2) is 12.3. The van der Waals surface area contributed by atoms with E-state index in [4.69, 9.17) is 10.5 Å². The predicted octanol–water partition coefficient (Wildman–Crippen LogP) is 1.12. The average molecular weight is 389 g/mol. The van der Waals surface area contributed by atoms with Gasteiger partial charge >= 0.3 is 5.97 Å². The first-order valence-corrected chi connectivity index (χ1v) is 9.09. The van der Waals surface area contributed by atoms with E-state index in [9.17, 15) is 19.2 Å². The Kier molecular flexibility index (Phi) is 10.0. The van der Waals surface area contributed by atoms with Crippen LogP contribution >= 0.6 is 0 Å². The van der Waals surface area contributed by atoms with Crippen LogP contribution < -0.4 is 16.4 Å². The van der Waals surface area contributed by atoms with Crippen molar-refractivity contribution < 1.29 is 23.9 Å². The van der Waals surface area contributed by atoms with E-state index in [0.717, 1.165) is 5.56 Å². The smallest absolute Gasteiger partial charge is 0.330 e. The highest BCUT2D eigenvalue weighted by Gasteiger charge is 2.18. The highest BCUT2D eigenvalue weighted by atomic mass is 16.5. The van der Waals surface area contributed by atoms with Crippen molar-refractivity contribution in [2.75, 3.05) is 6.61 Å². The van der Waals surface area contributed by atoms with Crippen molar-refractivity contribution in [1.29, 1.82) is 0 Å². The third kappa shape index (κ3) is 8.98. The highest BCUT2D eigenvalue weighted by molar-refractivity contribution is 5.89. The molecule has 2 atom stereocenters. The monoisotopic (exact) mass is 389 g/mol. The van der Waals surface area contributed by atoms with Gasteiger partial charge in [-0.1, -0.05) is 36.4 Å². The summed E-state index contributed by atoms with van der Waals surface area (Å²) in [4.78, 5) is 46.7. The summed E-state index contributed by atoms with van der Waals surface area (Å²) in [6, 6.07) is 8.31. The molecule has 0 fully saturated rings. The Morgan fingerprint density at radius 3 is 2.25 bits per heavy atom. The summed E-state index contributed by atoms with van der Waals surface area (Å²) >= 11 is 0. The number of ether oxygens (including phenoxy) is 1. The molecule has 0 spiro atoms. The van der Waals surface area contributed by atoms with E-state index < -0.39 is 23.8 Å². The molecule has 0 bridgehead atoms. The topological polar surface area (TPSA) is 128 Å². The van der Waals surface area contributed by atoms with Crippen LogP contribution in [0.5, 0.6) is 0 Å². The molecule has 4 N–H and O–H groups in total. The molecular formula is C20H27N3O5. The van der Waals surface area contributed by atoms with Gasteiger partial charge in [-0.15, -0.1) is 0 Å². The SMILES string of the molecule is CCOC(=O)/C=C/C[C@@H](NC(=O)CCC(=O)N[C@H](C)c1ccccc1)C(N)=O. The summed E-state index contributed by atoms with van der Waals surface area (Å²) < 4.78 is 4.72. The third-order valence-electron chi connectivity index (χ3n) is 3.85. The normalized spacial score (nSPS) is 12.8. The number of nitrogens with one attached hydrogen (secondary N) is 2. The average Bonchev–Trinajstić information content (AvgIpc) is 2.66. The van der Waals surface area contributed by atoms with Gasteiger partial charge in [0.15, 0.2) is 0 Å². The molecule has 28 heavy (non-hydrogen) atoms. The van der Waals surface area contributed by atoms with Crippen LogP contribution in [0, 0.1) is 0 Å². The molecule has 0 saturated heterocycles. The summed E-state index contributed by atoms with van der Waals surface area (Å²) in [5.74, 6) is -2.02. The maximum atomic E-state index is 12.0. The van der Waals surface area contributed by atoms with Gasteiger partial charge in [-0.05, 0) is 25.8 Å². The maximum Gasteiger partial charge on any atom is 0.330 e. The van der Waals surface area contributed by atoms with Crippen molar-refractivity contribution in [2.24, 2.45) is 5.73 Å². The van der Waals surface area contributed by atoms with Crippen LogP contribution in [0.15, 0.2) is 42.5 Å². The van der Waals surface area contributed by atoms with Gasteiger partial charge in [0.05, 0.1) is 12.6 Å². The van der Waals surface area contributed by atoms with Crippen LogP contribution in [-0.2, 0) is 23.9 Å². The minimum Gasteiger partial charge on any atom is -0.463 e. The second-order valence-corrected chi connectivity index (χ2v) is 6.11. The molecule has 1 aromatic rings. The van der Waals surface area contributed by atoms with Crippen molar-refractivity contribution >= 4 is 23.7 Å². The Morgan fingerprint density at radius 1 is 1.07 bits per heavy atom. The lowest BCUT2D eigenvalue weighted by Crippen LogP contribution is -2.44. The van der Waals surface area contributed by atoms with Crippen molar-refractivity contribution in [3.8, 4) is 0 Å². The second-order valence-electron chi connectivity index (χ2n) is 6.11. The van der Waals surface area contributed by atoms with E-state index >= 15 is 0 Å². The van der Waals surface area contributed by atoms with Gasteiger partial charge in [0.2, 0.25) is 17.7 Å². The molecule has 0 aliphatic heterocycles. The lowest BCUT2D eigenvalue weighted by atomic mass is 10.1. The number of carbonyl (C=O) groups excluding carboxylic acids is 4. The molecule has 1 aromatic carbocycles. The Bertz CT molecular complexity index is 703. The third-order valence-corrected chi connectivity index (χ3v) is 3.85. The largest absolute Gasteiger partial charge is 0.463 e. The van der Waals surface area contributed by atoms with E-state index in [2.05, 4.69) is 10.6 Å². The highest BCUT2D eigenvalue weighted by Crippen LogP contribution is 2.11. The Hall–Kier alpha value is -3.16. The number of amides is 3. The first-order valence-electron chi connectivity index (χ1n) is 9.09. The number of primary amides is 1. The molecule has 0 heterocycles. The van der Waals surface area contributed by atoms with Gasteiger partial charge in [0.25, 0.3) is 0 Å². The van der Waals surface area contributed by atoms with E-state index in [1.54, 1.807) is 6.92 Å². The first kappa shape index (κ1) is 22.9. The standard InChI is InChI=1S/C20H27N3O5/c1-3-28-19(26)11-7-10-16(20(21)27)23-18(25)13-12-17(24)22-14(2)15-8-5-4-6-9-15/h4-9,11,14,16H,3,10,12-13H2,1-2H3,(H2,21,27)(H,22,24)(H,23,25)/b11-7+/t14-,16-/m1/s1. The van der Waals surface area contributed by atoms with E-state index in [1.807, 2.05) is 37.3 Å². The molecule has 3 amide bonds. The first-order chi connectivity index (χ1) is 13.3. The van der Waals surface area contributed by atoms with Gasteiger partial charge in [-0.25, -0.2) is 4.79 Å². The summed E-state index contributed by atoms with van der Waals surface area (Å²) in [5, 5.41) is 5.28. The van der Waals surface area contributed by atoms with Crippen molar-refractivity contribution in [2.45, 2.75) is 45.2 Å². The fourth-order valence-corrected chi connectivity index (χ4v) is 2.37. The number of nitrogens with two attached hydrogens (primary N) is 1. The molecule has 0 aromatic heterocycles. The summed E-state index contributed by atoms with van der Waals surface area (Å²) in [7, 11) is 0. The number of carbonyl (C=O) groups is 4. The fourth-order valence-electron chi connectivity index (χ4n) is 2.37. The van der Waals surface area contributed by atoms with Crippen LogP contribution in [0.25, 0.3) is 0 Å². The zero-order valence-corrected chi connectivity index (χ0v) is 16.1. The lowest BCUT2D eigenvalue weighted by Gasteiger charge is -2.15. The molecule has 152 valence electrons. The van der Waals surface area contributed by atoms with Crippen molar-refractivity contribution in [3.05, 3.63) is 48.0 Å². The van der Waals surface area contributed by atoms with E-state index in [1.165, 1.54) is 12.2 Å². The Labute approximate surface area is 164 Å². The maximum absolute atomic E-state index is 12.0. The molecule has 0 aliphatic rings. The predicted molar refractivity (Wildman–Crippen MR) is 104 cm³/mol. The molecule has 8 heteroatoms. The van der Waals surface area contributed by atoms with Crippen LogP contribution in [0.4, 0.5) is 0 Å². The summed E-state index contributed by atoms with van der Waals surface area (Å²) in [5.41, 5.74) is 6.22. The Balaban J connectivity index is 2.42. The van der Waals surface area contributed by atoms with E-state index in [0.29, 0.717) is 0 Å². The summed E-state index contributed by atoms with van der Waals surface area (Å²) in [6.45, 7) is 3.77. The zero-order valence-electron chi connectivity index (χ0n) is 16.1. The number of hydrogen-bond donors (Lipinski definition) is 3. The zero-order chi connectivity index (χ0) is 20.9. The number of rotatable bonds is 11. The van der Waals surface area contributed by atoms with Crippen LogP contribution in [0.1, 0.15) is 44.7 Å². The quantitative estimate of drug-likeness (QED) is 0.386. The van der Waals surface area contributed by atoms with Gasteiger partial charge in [0, 0.05) is 18.9 Å². The number of benzene rings is 1. The lowest BCUT2D eigenvalue weighted by molar-refractivity contribution is -0.137. The molecule has 8 nitrogen and oxygen atoms in total. The molecular weight excluding hydrogens is 362 g/mol. The fraction of sp³-hybridized carbons (Fsp3) is 0.400. The van der Waals surface area contributed by atoms with Gasteiger partial charge in [0.1, 0.15) is 6.04 Å². The number of esters is 1. The van der Waals surface area contributed by atoms with Crippen LogP contribution in [-0.4, -0.2) is 36.3 Å².